The Kier molecular flexibility index (Phi) is 3.97. The molecule has 2 amide bonds. The van der Waals surface area contributed by atoms with Crippen molar-refractivity contribution >= 4 is 28.4 Å². The Balaban J connectivity index is 1.58. The number of aromatic nitrogens is 1. The average Bonchev–Trinajstić information content (AvgIpc) is 3.47. The van der Waals surface area contributed by atoms with Crippen molar-refractivity contribution < 1.29 is 9.59 Å². The molecule has 6 nitrogen and oxygen atoms in total. The normalized spacial score (nSPS) is 16.5. The van der Waals surface area contributed by atoms with Gasteiger partial charge in [-0.05, 0) is 30.5 Å². The summed E-state index contributed by atoms with van der Waals surface area (Å²) in [4.78, 5) is 25.6. The first kappa shape index (κ1) is 16.7. The van der Waals surface area contributed by atoms with Crippen molar-refractivity contribution in [2.45, 2.75) is 25.4 Å². The van der Waals surface area contributed by atoms with Gasteiger partial charge in [-0.25, -0.2) is 5.01 Å². The maximum Gasteiger partial charge on any atom is 0.291 e. The minimum atomic E-state index is -0.256. The van der Waals surface area contributed by atoms with E-state index < -0.39 is 0 Å². The predicted molar refractivity (Wildman–Crippen MR) is 107 cm³/mol. The second-order valence-electron chi connectivity index (χ2n) is 7.29. The lowest BCUT2D eigenvalue weighted by Gasteiger charge is -2.16. The van der Waals surface area contributed by atoms with Gasteiger partial charge in [-0.2, -0.15) is 5.10 Å². The van der Waals surface area contributed by atoms with Gasteiger partial charge in [0.2, 0.25) is 5.91 Å². The standard InChI is InChI=1S/C22H20N4O2/c27-21(23-17-10-11-17)14-26-22(28)20-12-16-8-4-5-9-19(16)25(20)13-18(24-26)15-6-2-1-3-7-15/h1-9,12,17H,10-11,13-14H2,(H,23,27). The van der Waals surface area contributed by atoms with Gasteiger partial charge in [0.25, 0.3) is 5.91 Å². The molecule has 2 aliphatic rings. The summed E-state index contributed by atoms with van der Waals surface area (Å²) in [5, 5.41) is 9.85. The Hall–Kier alpha value is -3.41. The van der Waals surface area contributed by atoms with Gasteiger partial charge in [0, 0.05) is 16.9 Å². The molecule has 0 atom stereocenters. The van der Waals surface area contributed by atoms with Crippen LogP contribution in [-0.4, -0.2) is 39.7 Å². The Morgan fingerprint density at radius 1 is 1.07 bits per heavy atom. The van der Waals surface area contributed by atoms with Crippen LogP contribution in [0.25, 0.3) is 10.9 Å². The van der Waals surface area contributed by atoms with Crippen LogP contribution in [0.5, 0.6) is 0 Å². The van der Waals surface area contributed by atoms with Crippen LogP contribution in [0, 0.1) is 0 Å². The number of nitrogens with zero attached hydrogens (tertiary/aromatic N) is 3. The van der Waals surface area contributed by atoms with Crippen LogP contribution in [0.4, 0.5) is 0 Å². The minimum Gasteiger partial charge on any atom is -0.352 e. The Morgan fingerprint density at radius 3 is 2.61 bits per heavy atom. The van der Waals surface area contributed by atoms with Crippen LogP contribution in [0.15, 0.2) is 65.8 Å². The zero-order chi connectivity index (χ0) is 19.1. The Labute approximate surface area is 162 Å². The van der Waals surface area contributed by atoms with E-state index in [2.05, 4.69) is 10.4 Å². The Bertz CT molecular complexity index is 1100. The molecule has 0 unspecified atom stereocenters. The predicted octanol–water partition coefficient (Wildman–Crippen LogP) is 2.78. The zero-order valence-electron chi connectivity index (χ0n) is 15.3. The van der Waals surface area contributed by atoms with Crippen LogP contribution in [0.2, 0.25) is 0 Å². The molecule has 0 bridgehead atoms. The third-order valence-electron chi connectivity index (χ3n) is 5.16. The van der Waals surface area contributed by atoms with E-state index in [4.69, 9.17) is 0 Å². The van der Waals surface area contributed by atoms with E-state index in [1.807, 2.05) is 65.2 Å². The van der Waals surface area contributed by atoms with Crippen LogP contribution >= 0.6 is 0 Å². The highest BCUT2D eigenvalue weighted by Crippen LogP contribution is 2.25. The maximum atomic E-state index is 13.2. The summed E-state index contributed by atoms with van der Waals surface area (Å²) < 4.78 is 1.99. The van der Waals surface area contributed by atoms with Crippen molar-refractivity contribution in [2.75, 3.05) is 6.54 Å². The summed E-state index contributed by atoms with van der Waals surface area (Å²) in [6.45, 7) is 0.395. The number of hydrogen-bond donors (Lipinski definition) is 1. The monoisotopic (exact) mass is 372 g/mol. The molecule has 1 aromatic heterocycles. The lowest BCUT2D eigenvalue weighted by Crippen LogP contribution is -2.38. The van der Waals surface area contributed by atoms with Gasteiger partial charge in [0.05, 0.1) is 12.3 Å². The summed E-state index contributed by atoms with van der Waals surface area (Å²) in [6.07, 6.45) is 2.01. The molecule has 2 heterocycles. The van der Waals surface area contributed by atoms with Gasteiger partial charge in [-0.3, -0.25) is 9.59 Å². The molecule has 28 heavy (non-hydrogen) atoms. The third kappa shape index (κ3) is 3.07. The second-order valence-corrected chi connectivity index (χ2v) is 7.29. The van der Waals surface area contributed by atoms with E-state index in [1.165, 1.54) is 5.01 Å². The number of fused-ring (bicyclic) bond motifs is 3. The number of benzene rings is 2. The first-order valence-electron chi connectivity index (χ1n) is 9.51. The SMILES string of the molecule is O=C(CN1N=C(c2ccccc2)Cn2c(cc3ccccc32)C1=O)NC1CC1. The van der Waals surface area contributed by atoms with Crippen molar-refractivity contribution in [3.8, 4) is 0 Å². The topological polar surface area (TPSA) is 66.7 Å². The van der Waals surface area contributed by atoms with E-state index in [9.17, 15) is 9.59 Å². The van der Waals surface area contributed by atoms with Crippen molar-refractivity contribution in [3.05, 3.63) is 71.9 Å². The van der Waals surface area contributed by atoms with E-state index in [-0.39, 0.29) is 24.4 Å². The lowest BCUT2D eigenvalue weighted by atomic mass is 10.1. The molecule has 1 saturated carbocycles. The van der Waals surface area contributed by atoms with Crippen LogP contribution < -0.4 is 5.32 Å². The molecule has 1 fully saturated rings. The summed E-state index contributed by atoms with van der Waals surface area (Å²) in [5.41, 5.74) is 3.23. The first-order valence-corrected chi connectivity index (χ1v) is 9.51. The van der Waals surface area contributed by atoms with E-state index >= 15 is 0 Å². The van der Waals surface area contributed by atoms with E-state index in [0.717, 1.165) is 35.0 Å². The Morgan fingerprint density at radius 2 is 1.82 bits per heavy atom. The lowest BCUT2D eigenvalue weighted by molar-refractivity contribution is -0.121. The van der Waals surface area contributed by atoms with Gasteiger partial charge in [-0.1, -0.05) is 48.5 Å². The molecule has 1 aliphatic heterocycles. The molecule has 1 N–H and O–H groups in total. The number of carbonyl (C=O) groups excluding carboxylic acids is 2. The molecule has 0 spiro atoms. The molecule has 0 saturated heterocycles. The third-order valence-corrected chi connectivity index (χ3v) is 5.16. The second kappa shape index (κ2) is 6.64. The average molecular weight is 372 g/mol. The molecule has 6 heteroatoms. The highest BCUT2D eigenvalue weighted by molar-refractivity contribution is 6.07. The van der Waals surface area contributed by atoms with Crippen molar-refractivity contribution in [3.63, 3.8) is 0 Å². The number of hydrogen-bond acceptors (Lipinski definition) is 3. The van der Waals surface area contributed by atoms with Crippen LogP contribution in [0.3, 0.4) is 0 Å². The van der Waals surface area contributed by atoms with Gasteiger partial charge in [-0.15, -0.1) is 0 Å². The highest BCUT2D eigenvalue weighted by atomic mass is 16.2. The number of amides is 2. The fourth-order valence-electron chi connectivity index (χ4n) is 3.59. The highest BCUT2D eigenvalue weighted by Gasteiger charge is 2.30. The van der Waals surface area contributed by atoms with Crippen molar-refractivity contribution in [2.24, 2.45) is 5.10 Å². The molecule has 140 valence electrons. The fourth-order valence-corrected chi connectivity index (χ4v) is 3.59. The molecular weight excluding hydrogens is 352 g/mol. The first-order chi connectivity index (χ1) is 13.7. The van der Waals surface area contributed by atoms with E-state index in [0.29, 0.717) is 12.2 Å². The van der Waals surface area contributed by atoms with Crippen molar-refractivity contribution in [1.82, 2.24) is 14.9 Å². The number of para-hydroxylation sites is 1. The quantitative estimate of drug-likeness (QED) is 0.765. The zero-order valence-corrected chi connectivity index (χ0v) is 15.3. The maximum absolute atomic E-state index is 13.2. The van der Waals surface area contributed by atoms with Crippen LogP contribution in [0.1, 0.15) is 28.9 Å². The molecule has 5 rings (SSSR count). The van der Waals surface area contributed by atoms with Gasteiger partial charge >= 0.3 is 0 Å². The molecule has 3 aromatic rings. The van der Waals surface area contributed by atoms with Crippen LogP contribution in [-0.2, 0) is 11.3 Å². The van der Waals surface area contributed by atoms with Gasteiger partial charge in [0.1, 0.15) is 12.2 Å². The largest absolute Gasteiger partial charge is 0.352 e. The van der Waals surface area contributed by atoms with Gasteiger partial charge < -0.3 is 9.88 Å². The molecule has 2 aromatic carbocycles. The number of hydrazone groups is 1. The number of nitrogens with one attached hydrogen (secondary N) is 1. The number of rotatable bonds is 4. The molecule has 0 radical (unpaired) electrons. The summed E-state index contributed by atoms with van der Waals surface area (Å²) in [7, 11) is 0. The summed E-state index contributed by atoms with van der Waals surface area (Å²) >= 11 is 0. The molecular formula is C22H20N4O2. The number of carbonyl (C=O) groups is 2. The fraction of sp³-hybridized carbons (Fsp3) is 0.227. The summed E-state index contributed by atoms with van der Waals surface area (Å²) in [6, 6.07) is 19.8. The van der Waals surface area contributed by atoms with Gasteiger partial charge in [0.15, 0.2) is 0 Å². The van der Waals surface area contributed by atoms with E-state index in [1.54, 1.807) is 0 Å². The summed E-state index contributed by atoms with van der Waals surface area (Å²) in [5.74, 6) is -0.426. The molecule has 1 aliphatic carbocycles. The smallest absolute Gasteiger partial charge is 0.291 e. The van der Waals surface area contributed by atoms with Crippen molar-refractivity contribution in [1.29, 1.82) is 0 Å². The minimum absolute atomic E-state index is 0.0762.